The van der Waals surface area contributed by atoms with Gasteiger partial charge in [-0.05, 0) is 38.5 Å². The molecule has 5 heteroatoms. The first kappa shape index (κ1) is 23.9. The molecule has 0 heterocycles. The van der Waals surface area contributed by atoms with E-state index in [-0.39, 0.29) is 17.8 Å². The second-order valence-electron chi connectivity index (χ2n) is 7.96. The third-order valence-corrected chi connectivity index (χ3v) is 5.43. The van der Waals surface area contributed by atoms with Gasteiger partial charge in [-0.1, -0.05) is 50.5 Å². The van der Waals surface area contributed by atoms with E-state index in [0.29, 0.717) is 25.7 Å². The van der Waals surface area contributed by atoms with Crippen molar-refractivity contribution in [3.8, 4) is 0 Å². The first-order valence-electron chi connectivity index (χ1n) is 10.3. The Bertz CT molecular complexity index is 483. The predicted molar refractivity (Wildman–Crippen MR) is 107 cm³/mol. The number of aliphatic hydroxyl groups excluding tert-OH is 2. The van der Waals surface area contributed by atoms with E-state index in [4.69, 9.17) is 0 Å². The van der Waals surface area contributed by atoms with Crippen LogP contribution in [0.2, 0.25) is 0 Å². The average Bonchev–Trinajstić information content (AvgIpc) is 2.89. The van der Waals surface area contributed by atoms with Gasteiger partial charge in [-0.2, -0.15) is 0 Å². The van der Waals surface area contributed by atoms with E-state index in [1.807, 2.05) is 18.2 Å². The van der Waals surface area contributed by atoms with E-state index in [2.05, 4.69) is 11.7 Å². The highest BCUT2D eigenvalue weighted by molar-refractivity contribution is 5.69. The number of carbonyl (C=O) groups is 1. The molecule has 1 rings (SSSR count). The topological polar surface area (TPSA) is 87.0 Å². The van der Waals surface area contributed by atoms with E-state index < -0.39 is 17.8 Å². The fourth-order valence-corrected chi connectivity index (χ4v) is 3.68. The number of allylic oxidation sites excluding steroid dienone is 2. The van der Waals surface area contributed by atoms with Crippen molar-refractivity contribution in [1.29, 1.82) is 0 Å². The van der Waals surface area contributed by atoms with Gasteiger partial charge in [0.2, 0.25) is 0 Å². The summed E-state index contributed by atoms with van der Waals surface area (Å²) in [7, 11) is 1.39. The predicted octanol–water partition coefficient (Wildman–Crippen LogP) is 3.52. The lowest BCUT2D eigenvalue weighted by molar-refractivity contribution is -0.140. The van der Waals surface area contributed by atoms with Crippen LogP contribution >= 0.6 is 0 Å². The highest BCUT2D eigenvalue weighted by Crippen LogP contribution is 2.37. The number of rotatable bonds is 12. The number of esters is 1. The van der Waals surface area contributed by atoms with Crippen molar-refractivity contribution >= 4 is 5.97 Å². The Balaban J connectivity index is 2.54. The maximum atomic E-state index is 11.1. The van der Waals surface area contributed by atoms with Crippen LogP contribution in [-0.2, 0) is 9.53 Å². The fraction of sp³-hybridized carbons (Fsp3) is 0.773. The summed E-state index contributed by atoms with van der Waals surface area (Å²) in [5.41, 5.74) is -0.878. The fourth-order valence-electron chi connectivity index (χ4n) is 3.68. The summed E-state index contributed by atoms with van der Waals surface area (Å²) in [5.74, 6) is -0.411. The minimum absolute atomic E-state index is 0.0560. The molecule has 1 aliphatic carbocycles. The smallest absolute Gasteiger partial charge is 0.305 e. The van der Waals surface area contributed by atoms with E-state index >= 15 is 0 Å². The zero-order chi connectivity index (χ0) is 20.3. The number of methoxy groups -OCH3 is 1. The number of hydrogen-bond donors (Lipinski definition) is 3. The van der Waals surface area contributed by atoms with Gasteiger partial charge in [0.15, 0.2) is 0 Å². The highest BCUT2D eigenvalue weighted by atomic mass is 16.5. The standard InChI is InChI=1S/C22H38O5/c1-4-5-10-14-22(2,26)15-13-18-17(19(23)16-20(18)24)11-8-6-7-9-12-21(25)27-3/h6,8,13,15,17-20,23-24,26H,4-5,7,9-12,14,16H2,1-3H3/b8-6-,15-13+/t17-,18+,19+,20-,22+/m1/s1. The second-order valence-corrected chi connectivity index (χ2v) is 7.96. The van der Waals surface area contributed by atoms with Crippen LogP contribution in [0.25, 0.3) is 0 Å². The normalized spacial score (nSPS) is 28.1. The molecule has 0 saturated heterocycles. The molecule has 0 bridgehead atoms. The van der Waals surface area contributed by atoms with Crippen molar-refractivity contribution in [2.24, 2.45) is 11.8 Å². The summed E-state index contributed by atoms with van der Waals surface area (Å²) in [6.07, 6.45) is 13.4. The Morgan fingerprint density at radius 3 is 2.59 bits per heavy atom. The summed E-state index contributed by atoms with van der Waals surface area (Å²) >= 11 is 0. The molecule has 0 aromatic heterocycles. The monoisotopic (exact) mass is 382 g/mol. The molecule has 0 aliphatic heterocycles. The van der Waals surface area contributed by atoms with Gasteiger partial charge in [0.05, 0.1) is 24.9 Å². The average molecular weight is 383 g/mol. The molecule has 0 radical (unpaired) electrons. The van der Waals surface area contributed by atoms with Gasteiger partial charge in [-0.3, -0.25) is 4.79 Å². The van der Waals surface area contributed by atoms with Crippen LogP contribution in [0.1, 0.15) is 71.6 Å². The van der Waals surface area contributed by atoms with Gasteiger partial charge >= 0.3 is 5.97 Å². The summed E-state index contributed by atoms with van der Waals surface area (Å²) in [4.78, 5) is 11.1. The minimum Gasteiger partial charge on any atom is -0.469 e. The summed E-state index contributed by atoms with van der Waals surface area (Å²) < 4.78 is 4.61. The van der Waals surface area contributed by atoms with E-state index in [9.17, 15) is 20.1 Å². The Morgan fingerprint density at radius 2 is 1.93 bits per heavy atom. The number of carbonyl (C=O) groups excluding carboxylic acids is 1. The molecule has 0 amide bonds. The lowest BCUT2D eigenvalue weighted by Crippen LogP contribution is -2.24. The number of ether oxygens (including phenoxy) is 1. The summed E-state index contributed by atoms with van der Waals surface area (Å²) in [5, 5.41) is 31.1. The Kier molecular flexibility index (Phi) is 10.9. The lowest BCUT2D eigenvalue weighted by atomic mass is 9.88. The molecule has 1 saturated carbocycles. The Labute approximate surface area is 164 Å². The van der Waals surface area contributed by atoms with Crippen LogP contribution in [0, 0.1) is 11.8 Å². The van der Waals surface area contributed by atoms with Crippen LogP contribution in [0.3, 0.4) is 0 Å². The molecule has 0 aromatic carbocycles. The highest BCUT2D eigenvalue weighted by Gasteiger charge is 2.39. The summed E-state index contributed by atoms with van der Waals surface area (Å²) in [6.45, 7) is 3.93. The maximum absolute atomic E-state index is 11.1. The third-order valence-electron chi connectivity index (χ3n) is 5.43. The van der Waals surface area contributed by atoms with E-state index in [0.717, 1.165) is 32.1 Å². The minimum atomic E-state index is -0.878. The Hall–Kier alpha value is -1.17. The van der Waals surface area contributed by atoms with Gasteiger partial charge in [0.1, 0.15) is 0 Å². The first-order chi connectivity index (χ1) is 12.8. The van der Waals surface area contributed by atoms with Crippen LogP contribution in [0.15, 0.2) is 24.3 Å². The Morgan fingerprint density at radius 1 is 1.19 bits per heavy atom. The zero-order valence-corrected chi connectivity index (χ0v) is 17.1. The molecule has 0 aromatic rings. The maximum Gasteiger partial charge on any atom is 0.305 e. The van der Waals surface area contributed by atoms with Gasteiger partial charge in [0, 0.05) is 18.8 Å². The van der Waals surface area contributed by atoms with Crippen LogP contribution in [0.5, 0.6) is 0 Å². The SMILES string of the molecule is CCCCC[C@](C)(O)/C=C/[C@H]1[C@@H](C/C=C\CCCC(=O)OC)[C@@H](O)C[C@H]1O. The van der Waals surface area contributed by atoms with Crippen LogP contribution in [-0.4, -0.2) is 46.2 Å². The molecule has 5 atom stereocenters. The molecule has 156 valence electrons. The zero-order valence-electron chi connectivity index (χ0n) is 17.1. The van der Waals surface area contributed by atoms with Gasteiger partial charge in [-0.25, -0.2) is 0 Å². The van der Waals surface area contributed by atoms with Crippen molar-refractivity contribution in [2.75, 3.05) is 7.11 Å². The van der Waals surface area contributed by atoms with Crippen molar-refractivity contribution in [1.82, 2.24) is 0 Å². The second kappa shape index (κ2) is 12.3. The largest absolute Gasteiger partial charge is 0.469 e. The van der Waals surface area contributed by atoms with Gasteiger partial charge in [0.25, 0.3) is 0 Å². The van der Waals surface area contributed by atoms with Gasteiger partial charge in [-0.15, -0.1) is 0 Å². The lowest BCUT2D eigenvalue weighted by Gasteiger charge is -2.23. The molecular formula is C22H38O5. The van der Waals surface area contributed by atoms with E-state index in [1.165, 1.54) is 7.11 Å². The summed E-state index contributed by atoms with van der Waals surface area (Å²) in [6, 6.07) is 0. The van der Waals surface area contributed by atoms with Crippen LogP contribution in [0.4, 0.5) is 0 Å². The van der Waals surface area contributed by atoms with E-state index in [1.54, 1.807) is 13.0 Å². The first-order valence-corrected chi connectivity index (χ1v) is 10.3. The molecular weight excluding hydrogens is 344 g/mol. The van der Waals surface area contributed by atoms with Crippen molar-refractivity contribution < 1.29 is 24.9 Å². The molecule has 3 N–H and O–H groups in total. The number of aliphatic hydroxyl groups is 3. The van der Waals surface area contributed by atoms with Gasteiger partial charge < -0.3 is 20.1 Å². The number of unbranched alkanes of at least 4 members (excludes halogenated alkanes) is 3. The van der Waals surface area contributed by atoms with Crippen molar-refractivity contribution in [3.05, 3.63) is 24.3 Å². The number of hydrogen-bond acceptors (Lipinski definition) is 5. The molecule has 1 aliphatic rings. The molecule has 27 heavy (non-hydrogen) atoms. The van der Waals surface area contributed by atoms with Crippen molar-refractivity contribution in [2.45, 2.75) is 89.4 Å². The molecule has 0 unspecified atom stereocenters. The molecule has 5 nitrogen and oxygen atoms in total. The molecule has 1 fully saturated rings. The molecule has 0 spiro atoms. The van der Waals surface area contributed by atoms with Crippen molar-refractivity contribution in [3.63, 3.8) is 0 Å². The third kappa shape index (κ3) is 9.04. The van der Waals surface area contributed by atoms with Crippen LogP contribution < -0.4 is 0 Å². The quantitative estimate of drug-likeness (QED) is 0.273.